The van der Waals surface area contributed by atoms with E-state index < -0.39 is 0 Å². The van der Waals surface area contributed by atoms with Crippen molar-refractivity contribution in [2.24, 2.45) is 0 Å². The maximum Gasteiger partial charge on any atom is 0.248 e. The van der Waals surface area contributed by atoms with Gasteiger partial charge < -0.3 is 19.7 Å². The van der Waals surface area contributed by atoms with Crippen LogP contribution in [0, 0.1) is 0 Å². The van der Waals surface area contributed by atoms with Crippen LogP contribution in [0.4, 0.5) is 11.4 Å². The second-order valence-electron chi connectivity index (χ2n) is 7.18. The molecular formula is C24H30N2O3. The number of anilines is 2. The van der Waals surface area contributed by atoms with E-state index in [1.54, 1.807) is 13.2 Å². The number of nitrogens with one attached hydrogen (secondary N) is 1. The third-order valence-electron chi connectivity index (χ3n) is 4.93. The van der Waals surface area contributed by atoms with Gasteiger partial charge in [-0.05, 0) is 73.7 Å². The molecule has 0 aromatic heterocycles. The molecule has 0 saturated carbocycles. The monoisotopic (exact) mass is 394 g/mol. The van der Waals surface area contributed by atoms with Gasteiger partial charge in [0.2, 0.25) is 5.91 Å². The van der Waals surface area contributed by atoms with Crippen molar-refractivity contribution >= 4 is 23.4 Å². The van der Waals surface area contributed by atoms with Gasteiger partial charge in [-0.3, -0.25) is 4.79 Å². The van der Waals surface area contributed by atoms with Crippen molar-refractivity contribution < 1.29 is 14.3 Å². The molecule has 1 aliphatic heterocycles. The predicted molar refractivity (Wildman–Crippen MR) is 119 cm³/mol. The van der Waals surface area contributed by atoms with Gasteiger partial charge in [0.05, 0.1) is 13.7 Å². The van der Waals surface area contributed by atoms with Crippen molar-refractivity contribution in [1.29, 1.82) is 0 Å². The van der Waals surface area contributed by atoms with Crippen molar-refractivity contribution in [2.75, 3.05) is 37.0 Å². The van der Waals surface area contributed by atoms with Gasteiger partial charge in [-0.25, -0.2) is 0 Å². The number of rotatable bonds is 8. The van der Waals surface area contributed by atoms with E-state index in [1.165, 1.54) is 31.0 Å². The van der Waals surface area contributed by atoms with Crippen molar-refractivity contribution in [3.05, 3.63) is 54.1 Å². The molecule has 1 fully saturated rings. The lowest BCUT2D eigenvalue weighted by molar-refractivity contribution is -0.111. The molecule has 5 nitrogen and oxygen atoms in total. The fourth-order valence-electron chi connectivity index (χ4n) is 3.38. The van der Waals surface area contributed by atoms with Gasteiger partial charge >= 0.3 is 0 Å². The minimum Gasteiger partial charge on any atom is -0.493 e. The van der Waals surface area contributed by atoms with Crippen LogP contribution < -0.4 is 19.7 Å². The smallest absolute Gasteiger partial charge is 0.248 e. The molecule has 1 aliphatic rings. The summed E-state index contributed by atoms with van der Waals surface area (Å²) in [7, 11) is 1.61. The summed E-state index contributed by atoms with van der Waals surface area (Å²) in [6, 6.07) is 13.7. The van der Waals surface area contributed by atoms with Crippen molar-refractivity contribution in [3.63, 3.8) is 0 Å². The molecule has 3 rings (SSSR count). The zero-order valence-electron chi connectivity index (χ0n) is 17.3. The molecule has 2 aromatic carbocycles. The van der Waals surface area contributed by atoms with E-state index >= 15 is 0 Å². The summed E-state index contributed by atoms with van der Waals surface area (Å²) < 4.78 is 11.0. The lowest BCUT2D eigenvalue weighted by atomic mass is 10.1. The normalized spacial score (nSPS) is 14.1. The highest BCUT2D eigenvalue weighted by molar-refractivity contribution is 6.02. The standard InChI is InChI=1S/C24H30N2O3/c1-3-17-29-22-13-7-19(18-23(22)28-2)8-14-24(27)25-20-9-11-21(12-10-20)26-15-5-4-6-16-26/h7-14,18H,3-6,15-17H2,1-2H3,(H,25,27)/b14-8+. The molecule has 1 amide bonds. The number of piperidine rings is 1. The summed E-state index contributed by atoms with van der Waals surface area (Å²) in [5, 5.41) is 2.91. The van der Waals surface area contributed by atoms with Crippen LogP contribution in [0.2, 0.25) is 0 Å². The van der Waals surface area contributed by atoms with E-state index in [4.69, 9.17) is 9.47 Å². The molecule has 0 unspecified atom stereocenters. The number of hydrogen-bond acceptors (Lipinski definition) is 4. The van der Waals surface area contributed by atoms with Crippen molar-refractivity contribution in [2.45, 2.75) is 32.6 Å². The molecule has 1 heterocycles. The maximum absolute atomic E-state index is 12.3. The zero-order valence-corrected chi connectivity index (χ0v) is 17.3. The average Bonchev–Trinajstić information content (AvgIpc) is 2.77. The average molecular weight is 395 g/mol. The Balaban J connectivity index is 1.57. The Hall–Kier alpha value is -2.95. The molecule has 1 saturated heterocycles. The molecule has 0 aliphatic carbocycles. The Labute approximate surface area is 173 Å². The van der Waals surface area contributed by atoms with E-state index in [0.717, 1.165) is 30.8 Å². The van der Waals surface area contributed by atoms with Crippen LogP contribution in [-0.2, 0) is 4.79 Å². The first-order valence-corrected chi connectivity index (χ1v) is 10.3. The van der Waals surface area contributed by atoms with Crippen molar-refractivity contribution in [1.82, 2.24) is 0 Å². The minimum atomic E-state index is -0.166. The van der Waals surface area contributed by atoms with Crippen LogP contribution in [0.3, 0.4) is 0 Å². The Kier molecular flexibility index (Phi) is 7.56. The molecule has 1 N–H and O–H groups in total. The highest BCUT2D eigenvalue weighted by Crippen LogP contribution is 2.28. The van der Waals surface area contributed by atoms with Gasteiger partial charge in [0.15, 0.2) is 11.5 Å². The van der Waals surface area contributed by atoms with Crippen LogP contribution in [0.5, 0.6) is 11.5 Å². The summed E-state index contributed by atoms with van der Waals surface area (Å²) in [5.74, 6) is 1.21. The third kappa shape index (κ3) is 6.01. The fraction of sp³-hybridized carbons (Fsp3) is 0.375. The number of hydrogen-bond donors (Lipinski definition) is 1. The first-order chi connectivity index (χ1) is 14.2. The summed E-state index contributed by atoms with van der Waals surface area (Å²) in [6.07, 6.45) is 8.05. The Morgan fingerprint density at radius 3 is 2.52 bits per heavy atom. The van der Waals surface area contributed by atoms with E-state index in [0.29, 0.717) is 18.1 Å². The van der Waals surface area contributed by atoms with Crippen LogP contribution in [0.15, 0.2) is 48.5 Å². The summed E-state index contributed by atoms with van der Waals surface area (Å²) in [6.45, 7) is 4.92. The molecule has 154 valence electrons. The third-order valence-corrected chi connectivity index (χ3v) is 4.93. The van der Waals surface area contributed by atoms with E-state index in [2.05, 4.69) is 29.3 Å². The van der Waals surface area contributed by atoms with Crippen LogP contribution in [0.1, 0.15) is 38.2 Å². The number of methoxy groups -OCH3 is 1. The number of nitrogens with zero attached hydrogens (tertiary/aromatic N) is 1. The molecular weight excluding hydrogens is 364 g/mol. The molecule has 2 aromatic rings. The van der Waals surface area contributed by atoms with Crippen LogP contribution in [-0.4, -0.2) is 32.7 Å². The van der Waals surface area contributed by atoms with Gasteiger partial charge in [-0.1, -0.05) is 13.0 Å². The number of amides is 1. The van der Waals surface area contributed by atoms with Gasteiger partial charge in [-0.15, -0.1) is 0 Å². The number of carbonyl (C=O) groups excluding carboxylic acids is 1. The second kappa shape index (κ2) is 10.6. The number of carbonyl (C=O) groups is 1. The van der Waals surface area contributed by atoms with Crippen LogP contribution >= 0.6 is 0 Å². The van der Waals surface area contributed by atoms with E-state index in [1.807, 2.05) is 30.3 Å². The van der Waals surface area contributed by atoms with Crippen LogP contribution in [0.25, 0.3) is 6.08 Å². The minimum absolute atomic E-state index is 0.166. The predicted octanol–water partition coefficient (Wildman–Crippen LogP) is 5.13. The van der Waals surface area contributed by atoms with E-state index in [9.17, 15) is 4.79 Å². The highest BCUT2D eigenvalue weighted by atomic mass is 16.5. The van der Waals surface area contributed by atoms with Gasteiger partial charge in [-0.2, -0.15) is 0 Å². The molecule has 0 radical (unpaired) electrons. The summed E-state index contributed by atoms with van der Waals surface area (Å²) in [5.41, 5.74) is 2.89. The molecule has 5 heteroatoms. The Morgan fingerprint density at radius 1 is 1.07 bits per heavy atom. The van der Waals surface area contributed by atoms with Gasteiger partial charge in [0.1, 0.15) is 0 Å². The topological polar surface area (TPSA) is 50.8 Å². The Bertz CT molecular complexity index is 825. The summed E-state index contributed by atoms with van der Waals surface area (Å²) in [4.78, 5) is 14.7. The number of benzene rings is 2. The van der Waals surface area contributed by atoms with E-state index in [-0.39, 0.29) is 5.91 Å². The molecule has 0 spiro atoms. The first kappa shape index (κ1) is 20.8. The molecule has 29 heavy (non-hydrogen) atoms. The number of ether oxygens (including phenoxy) is 2. The SMILES string of the molecule is CCCOc1ccc(/C=C/C(=O)Nc2ccc(N3CCCCC3)cc2)cc1OC. The summed E-state index contributed by atoms with van der Waals surface area (Å²) >= 11 is 0. The lowest BCUT2D eigenvalue weighted by Crippen LogP contribution is -2.29. The largest absolute Gasteiger partial charge is 0.493 e. The first-order valence-electron chi connectivity index (χ1n) is 10.3. The Morgan fingerprint density at radius 2 is 1.83 bits per heavy atom. The maximum atomic E-state index is 12.3. The zero-order chi connectivity index (χ0) is 20.5. The van der Waals surface area contributed by atoms with Gasteiger partial charge in [0.25, 0.3) is 0 Å². The molecule has 0 atom stereocenters. The highest BCUT2D eigenvalue weighted by Gasteiger charge is 2.10. The lowest BCUT2D eigenvalue weighted by Gasteiger charge is -2.28. The van der Waals surface area contributed by atoms with Gasteiger partial charge in [0, 0.05) is 30.5 Å². The second-order valence-corrected chi connectivity index (χ2v) is 7.18. The molecule has 0 bridgehead atoms. The quantitative estimate of drug-likeness (QED) is 0.631. The van der Waals surface area contributed by atoms with Crippen molar-refractivity contribution in [3.8, 4) is 11.5 Å². The fourth-order valence-corrected chi connectivity index (χ4v) is 3.38.